The Labute approximate surface area is 107 Å². The quantitative estimate of drug-likeness (QED) is 0.744. The lowest BCUT2D eigenvalue weighted by Gasteiger charge is -2.36. The fourth-order valence-electron chi connectivity index (χ4n) is 1.96. The van der Waals surface area contributed by atoms with E-state index in [-0.39, 0.29) is 24.4 Å². The number of morpholine rings is 1. The van der Waals surface area contributed by atoms with E-state index >= 15 is 0 Å². The van der Waals surface area contributed by atoms with Gasteiger partial charge in [0.25, 0.3) is 5.91 Å². The average molecular weight is 267 g/mol. The molecule has 1 N–H and O–H groups in total. The molecule has 0 aromatic carbocycles. The summed E-state index contributed by atoms with van der Waals surface area (Å²) >= 11 is 1.92. The van der Waals surface area contributed by atoms with Crippen molar-refractivity contribution in [1.29, 1.82) is 0 Å². The van der Waals surface area contributed by atoms with Crippen molar-refractivity contribution in [3.05, 3.63) is 0 Å². The predicted octanol–water partition coefficient (Wildman–Crippen LogP) is 0.361. The van der Waals surface area contributed by atoms with Crippen LogP contribution < -0.4 is 5.32 Å². The van der Waals surface area contributed by atoms with Crippen molar-refractivity contribution in [1.82, 2.24) is 10.2 Å². The molecule has 2 rings (SSSR count). The van der Waals surface area contributed by atoms with Crippen LogP contribution in [0.15, 0.2) is 0 Å². The number of thioether (sulfide) groups is 1. The van der Waals surface area contributed by atoms with Crippen LogP contribution in [-0.2, 0) is 9.53 Å². The van der Waals surface area contributed by atoms with Crippen molar-refractivity contribution in [2.75, 3.05) is 37.7 Å². The molecule has 6 heteroatoms. The van der Waals surface area contributed by atoms with E-state index in [0.717, 1.165) is 24.6 Å². The summed E-state index contributed by atoms with van der Waals surface area (Å²) in [6.45, 7) is 5.14. The molecule has 0 saturated carbocycles. The Kier molecular flexibility index (Phi) is 5.89. The van der Waals surface area contributed by atoms with Gasteiger partial charge in [0.1, 0.15) is 6.10 Å². The van der Waals surface area contributed by atoms with Crippen LogP contribution in [0.1, 0.15) is 6.92 Å². The molecular weight excluding hydrogens is 248 g/mol. The molecule has 0 bridgehead atoms. The SMILES string of the molecule is CC1CSCCN1C(=O)[C@@H]1CNCCO1.Cl. The lowest BCUT2D eigenvalue weighted by atomic mass is 10.2. The van der Waals surface area contributed by atoms with Gasteiger partial charge in [-0.2, -0.15) is 11.8 Å². The van der Waals surface area contributed by atoms with Gasteiger partial charge in [0.15, 0.2) is 0 Å². The monoisotopic (exact) mass is 266 g/mol. The second-order valence-corrected chi connectivity index (χ2v) is 5.17. The first-order valence-electron chi connectivity index (χ1n) is 5.49. The van der Waals surface area contributed by atoms with Gasteiger partial charge in [0.05, 0.1) is 6.61 Å². The summed E-state index contributed by atoms with van der Waals surface area (Å²) in [5.41, 5.74) is 0. The third-order valence-corrected chi connectivity index (χ3v) is 4.04. The van der Waals surface area contributed by atoms with E-state index in [1.807, 2.05) is 16.7 Å². The third kappa shape index (κ3) is 3.26. The lowest BCUT2D eigenvalue weighted by Crippen LogP contribution is -2.54. The van der Waals surface area contributed by atoms with Gasteiger partial charge in [-0.15, -0.1) is 12.4 Å². The van der Waals surface area contributed by atoms with E-state index in [9.17, 15) is 4.79 Å². The molecule has 0 aliphatic carbocycles. The van der Waals surface area contributed by atoms with Crippen molar-refractivity contribution >= 4 is 30.1 Å². The van der Waals surface area contributed by atoms with Crippen molar-refractivity contribution in [3.8, 4) is 0 Å². The average Bonchev–Trinajstić information content (AvgIpc) is 2.30. The summed E-state index contributed by atoms with van der Waals surface area (Å²) < 4.78 is 5.48. The van der Waals surface area contributed by atoms with Crippen LogP contribution in [0.3, 0.4) is 0 Å². The van der Waals surface area contributed by atoms with Crippen molar-refractivity contribution in [2.45, 2.75) is 19.1 Å². The summed E-state index contributed by atoms with van der Waals surface area (Å²) in [4.78, 5) is 14.1. The van der Waals surface area contributed by atoms with Crippen LogP contribution in [-0.4, -0.2) is 60.7 Å². The molecule has 1 unspecified atom stereocenters. The van der Waals surface area contributed by atoms with Crippen molar-refractivity contribution < 1.29 is 9.53 Å². The predicted molar refractivity (Wildman–Crippen MR) is 68.4 cm³/mol. The number of hydrogen-bond acceptors (Lipinski definition) is 4. The Balaban J connectivity index is 0.00000128. The molecule has 94 valence electrons. The minimum atomic E-state index is -0.260. The highest BCUT2D eigenvalue weighted by atomic mass is 35.5. The zero-order valence-electron chi connectivity index (χ0n) is 9.48. The first kappa shape index (κ1) is 14.1. The highest BCUT2D eigenvalue weighted by molar-refractivity contribution is 7.99. The second kappa shape index (κ2) is 6.69. The van der Waals surface area contributed by atoms with E-state index in [2.05, 4.69) is 12.2 Å². The minimum absolute atomic E-state index is 0. The first-order chi connectivity index (χ1) is 7.29. The lowest BCUT2D eigenvalue weighted by molar-refractivity contribution is -0.146. The summed E-state index contributed by atoms with van der Waals surface area (Å²) in [6.07, 6.45) is -0.260. The Bertz CT molecular complexity index is 237. The zero-order valence-corrected chi connectivity index (χ0v) is 11.1. The van der Waals surface area contributed by atoms with Gasteiger partial charge >= 0.3 is 0 Å². The van der Waals surface area contributed by atoms with Gasteiger partial charge in [-0.05, 0) is 6.92 Å². The zero-order chi connectivity index (χ0) is 10.7. The normalized spacial score (nSPS) is 30.7. The third-order valence-electron chi connectivity index (χ3n) is 2.85. The van der Waals surface area contributed by atoms with Gasteiger partial charge in [-0.25, -0.2) is 0 Å². The topological polar surface area (TPSA) is 41.6 Å². The summed E-state index contributed by atoms with van der Waals surface area (Å²) in [7, 11) is 0. The van der Waals surface area contributed by atoms with E-state index in [1.54, 1.807) is 0 Å². The van der Waals surface area contributed by atoms with Crippen LogP contribution >= 0.6 is 24.2 Å². The number of ether oxygens (including phenoxy) is 1. The number of rotatable bonds is 1. The molecule has 0 radical (unpaired) electrons. The molecule has 16 heavy (non-hydrogen) atoms. The molecule has 1 amide bonds. The van der Waals surface area contributed by atoms with Gasteiger partial charge in [0.2, 0.25) is 0 Å². The van der Waals surface area contributed by atoms with Crippen LogP contribution in [0.2, 0.25) is 0 Å². The fraction of sp³-hybridized carbons (Fsp3) is 0.900. The molecule has 0 aromatic heterocycles. The molecule has 2 aliphatic rings. The maximum atomic E-state index is 12.1. The number of halogens is 1. The summed E-state index contributed by atoms with van der Waals surface area (Å²) in [6, 6.07) is 0.349. The highest BCUT2D eigenvalue weighted by Gasteiger charge is 2.30. The molecule has 0 spiro atoms. The van der Waals surface area contributed by atoms with Crippen molar-refractivity contribution in [2.24, 2.45) is 0 Å². The molecule has 2 heterocycles. The Morgan fingerprint density at radius 1 is 1.56 bits per heavy atom. The molecule has 2 fully saturated rings. The van der Waals surface area contributed by atoms with Gasteiger partial charge < -0.3 is 15.0 Å². The smallest absolute Gasteiger partial charge is 0.253 e. The number of nitrogens with zero attached hydrogens (tertiary/aromatic N) is 1. The number of carbonyl (C=O) groups is 1. The number of nitrogens with one attached hydrogen (secondary N) is 1. The second-order valence-electron chi connectivity index (χ2n) is 4.02. The maximum Gasteiger partial charge on any atom is 0.253 e. The van der Waals surface area contributed by atoms with Crippen LogP contribution in [0, 0.1) is 0 Å². The van der Waals surface area contributed by atoms with E-state index in [0.29, 0.717) is 19.2 Å². The first-order valence-corrected chi connectivity index (χ1v) is 6.65. The molecular formula is C10H19ClN2O2S. The number of amides is 1. The van der Waals surface area contributed by atoms with Gasteiger partial charge in [-0.1, -0.05) is 0 Å². The minimum Gasteiger partial charge on any atom is -0.366 e. The van der Waals surface area contributed by atoms with Crippen LogP contribution in [0.5, 0.6) is 0 Å². The Hall–Kier alpha value is 0.0300. The van der Waals surface area contributed by atoms with Crippen LogP contribution in [0.4, 0.5) is 0 Å². The number of hydrogen-bond donors (Lipinski definition) is 1. The Morgan fingerprint density at radius 3 is 3.00 bits per heavy atom. The molecule has 2 aliphatic heterocycles. The van der Waals surface area contributed by atoms with Crippen molar-refractivity contribution in [3.63, 3.8) is 0 Å². The fourth-order valence-corrected chi connectivity index (χ4v) is 2.98. The van der Waals surface area contributed by atoms with E-state index in [4.69, 9.17) is 4.74 Å². The summed E-state index contributed by atoms with van der Waals surface area (Å²) in [5.74, 6) is 2.26. The van der Waals surface area contributed by atoms with E-state index in [1.165, 1.54) is 0 Å². The van der Waals surface area contributed by atoms with E-state index < -0.39 is 0 Å². The number of carbonyl (C=O) groups excluding carboxylic acids is 1. The Morgan fingerprint density at radius 2 is 2.38 bits per heavy atom. The van der Waals surface area contributed by atoms with Gasteiger partial charge in [-0.3, -0.25) is 4.79 Å². The maximum absolute atomic E-state index is 12.1. The highest BCUT2D eigenvalue weighted by Crippen LogP contribution is 2.17. The molecule has 2 saturated heterocycles. The summed E-state index contributed by atoms with van der Waals surface area (Å²) in [5, 5.41) is 3.19. The van der Waals surface area contributed by atoms with Gasteiger partial charge in [0, 0.05) is 37.2 Å². The standard InChI is InChI=1S/C10H18N2O2S.ClH/c1-8-7-15-5-3-12(8)10(13)9-6-11-2-4-14-9;/h8-9,11H,2-7H2,1H3;1H/t8?,9-;/m0./s1. The molecule has 0 aromatic rings. The molecule has 4 nitrogen and oxygen atoms in total. The molecule has 2 atom stereocenters. The van der Waals surface area contributed by atoms with Crippen LogP contribution in [0.25, 0.3) is 0 Å². The largest absolute Gasteiger partial charge is 0.366 e.